The van der Waals surface area contributed by atoms with E-state index in [0.29, 0.717) is 11.0 Å². The van der Waals surface area contributed by atoms with E-state index in [9.17, 15) is 13.2 Å². The zero-order valence-electron chi connectivity index (χ0n) is 10.6. The van der Waals surface area contributed by atoms with E-state index >= 15 is 0 Å². The normalized spacial score (nSPS) is 24.0. The fraction of sp³-hybridized carbons (Fsp3) is 0.538. The summed E-state index contributed by atoms with van der Waals surface area (Å²) in [6, 6.07) is 3.78. The molecule has 2 N–H and O–H groups in total. The minimum atomic E-state index is -4.31. The van der Waals surface area contributed by atoms with Gasteiger partial charge >= 0.3 is 6.18 Å². The quantitative estimate of drug-likeness (QED) is 0.893. The van der Waals surface area contributed by atoms with Gasteiger partial charge in [-0.2, -0.15) is 13.2 Å². The van der Waals surface area contributed by atoms with E-state index in [1.807, 2.05) is 0 Å². The Hall–Kier alpha value is -0.750. The summed E-state index contributed by atoms with van der Waals surface area (Å²) in [6.45, 7) is 4.28. The molecule has 1 atom stereocenters. The van der Waals surface area contributed by atoms with Crippen molar-refractivity contribution in [3.05, 3.63) is 28.2 Å². The van der Waals surface area contributed by atoms with E-state index < -0.39 is 11.7 Å². The van der Waals surface area contributed by atoms with Gasteiger partial charge in [-0.25, -0.2) is 0 Å². The number of hydrogen-bond acceptors (Lipinski definition) is 2. The number of nitrogens with two attached hydrogens (primary N) is 1. The van der Waals surface area contributed by atoms with Crippen molar-refractivity contribution < 1.29 is 13.2 Å². The smallest absolute Gasteiger partial charge is 0.370 e. The highest BCUT2D eigenvalue weighted by Gasteiger charge is 2.35. The standard InChI is InChI=1S/C13H16BrF3N2/c1-12(7-18)4-5-19(8-12)11-3-2-9(6-10(11)14)13(15,16)17/h2-3,6H,4-5,7-8,18H2,1H3. The second-order valence-corrected chi connectivity index (χ2v) is 6.20. The third-order valence-electron chi connectivity index (χ3n) is 3.67. The molecule has 1 heterocycles. The summed E-state index contributed by atoms with van der Waals surface area (Å²) >= 11 is 3.24. The van der Waals surface area contributed by atoms with Gasteiger partial charge in [0.2, 0.25) is 0 Å². The number of halogens is 4. The Morgan fingerprint density at radius 1 is 1.42 bits per heavy atom. The molecule has 2 nitrogen and oxygen atoms in total. The first kappa shape index (κ1) is 14.7. The first-order chi connectivity index (χ1) is 8.75. The molecule has 0 aliphatic carbocycles. The summed E-state index contributed by atoms with van der Waals surface area (Å²) in [5, 5.41) is 0. The Labute approximate surface area is 118 Å². The van der Waals surface area contributed by atoms with Gasteiger partial charge in [-0.05, 0) is 52.5 Å². The summed E-state index contributed by atoms with van der Waals surface area (Å²) in [7, 11) is 0. The number of benzene rings is 1. The van der Waals surface area contributed by atoms with Gasteiger partial charge < -0.3 is 10.6 Å². The highest BCUT2D eigenvalue weighted by atomic mass is 79.9. The molecule has 6 heteroatoms. The molecule has 1 fully saturated rings. The van der Waals surface area contributed by atoms with Crippen LogP contribution in [0.2, 0.25) is 0 Å². The van der Waals surface area contributed by atoms with Crippen LogP contribution in [0.1, 0.15) is 18.9 Å². The summed E-state index contributed by atoms with van der Waals surface area (Å²) < 4.78 is 38.3. The van der Waals surface area contributed by atoms with E-state index in [4.69, 9.17) is 5.73 Å². The van der Waals surface area contributed by atoms with Crippen molar-refractivity contribution in [2.24, 2.45) is 11.1 Å². The summed E-state index contributed by atoms with van der Waals surface area (Å²) in [4.78, 5) is 2.08. The van der Waals surface area contributed by atoms with Gasteiger partial charge in [-0.3, -0.25) is 0 Å². The molecule has 2 rings (SSSR count). The van der Waals surface area contributed by atoms with Crippen LogP contribution in [-0.4, -0.2) is 19.6 Å². The van der Waals surface area contributed by atoms with Crippen LogP contribution in [0.25, 0.3) is 0 Å². The first-order valence-electron chi connectivity index (χ1n) is 6.07. The molecule has 0 saturated carbocycles. The van der Waals surface area contributed by atoms with Crippen LogP contribution in [-0.2, 0) is 6.18 Å². The topological polar surface area (TPSA) is 29.3 Å². The molecule has 1 aromatic rings. The fourth-order valence-electron chi connectivity index (χ4n) is 2.34. The highest BCUT2D eigenvalue weighted by molar-refractivity contribution is 9.10. The van der Waals surface area contributed by atoms with Crippen molar-refractivity contribution in [3.63, 3.8) is 0 Å². The van der Waals surface area contributed by atoms with Crippen molar-refractivity contribution in [1.29, 1.82) is 0 Å². The lowest BCUT2D eigenvalue weighted by Crippen LogP contribution is -2.31. The third-order valence-corrected chi connectivity index (χ3v) is 4.30. The maximum atomic E-state index is 12.6. The average Bonchev–Trinajstić information content (AvgIpc) is 2.71. The van der Waals surface area contributed by atoms with Crippen molar-refractivity contribution >= 4 is 21.6 Å². The molecular weight excluding hydrogens is 321 g/mol. The zero-order valence-corrected chi connectivity index (χ0v) is 12.2. The number of hydrogen-bond donors (Lipinski definition) is 1. The van der Waals surface area contributed by atoms with E-state index in [-0.39, 0.29) is 5.41 Å². The predicted octanol–water partition coefficient (Wildman–Crippen LogP) is 3.64. The van der Waals surface area contributed by atoms with E-state index in [0.717, 1.165) is 37.3 Å². The predicted molar refractivity (Wildman–Crippen MR) is 73.1 cm³/mol. The number of rotatable bonds is 2. The van der Waals surface area contributed by atoms with Gasteiger partial charge in [0.05, 0.1) is 11.3 Å². The maximum Gasteiger partial charge on any atom is 0.416 e. The van der Waals surface area contributed by atoms with Crippen LogP contribution < -0.4 is 10.6 Å². The van der Waals surface area contributed by atoms with Gasteiger partial charge in [-0.1, -0.05) is 6.92 Å². The van der Waals surface area contributed by atoms with Crippen molar-refractivity contribution in [2.75, 3.05) is 24.5 Å². The van der Waals surface area contributed by atoms with Gasteiger partial charge in [0.1, 0.15) is 0 Å². The molecule has 106 valence electrons. The second-order valence-electron chi connectivity index (χ2n) is 5.35. The molecule has 19 heavy (non-hydrogen) atoms. The Kier molecular flexibility index (Phi) is 3.84. The first-order valence-corrected chi connectivity index (χ1v) is 6.86. The molecule has 1 saturated heterocycles. The highest BCUT2D eigenvalue weighted by Crippen LogP contribution is 2.39. The molecule has 1 aromatic carbocycles. The molecular formula is C13H16BrF3N2. The van der Waals surface area contributed by atoms with Crippen molar-refractivity contribution in [3.8, 4) is 0 Å². The van der Waals surface area contributed by atoms with Crippen LogP contribution in [0, 0.1) is 5.41 Å². The minimum Gasteiger partial charge on any atom is -0.370 e. The monoisotopic (exact) mass is 336 g/mol. The average molecular weight is 337 g/mol. The van der Waals surface area contributed by atoms with Crippen molar-refractivity contribution in [1.82, 2.24) is 0 Å². The lowest BCUT2D eigenvalue weighted by molar-refractivity contribution is -0.137. The third kappa shape index (κ3) is 3.05. The molecule has 1 unspecified atom stereocenters. The molecule has 0 aromatic heterocycles. The molecule has 0 amide bonds. The maximum absolute atomic E-state index is 12.6. The SMILES string of the molecule is CC1(CN)CCN(c2ccc(C(F)(F)F)cc2Br)C1. The number of alkyl halides is 3. The Bertz CT molecular complexity index is 475. The molecule has 0 radical (unpaired) electrons. The summed E-state index contributed by atoms with van der Waals surface area (Å²) in [6.07, 6.45) is -3.35. The molecule has 0 bridgehead atoms. The molecule has 1 aliphatic rings. The fourth-order valence-corrected chi connectivity index (χ4v) is 2.97. The Morgan fingerprint density at radius 2 is 2.11 bits per heavy atom. The van der Waals surface area contributed by atoms with Gasteiger partial charge in [-0.15, -0.1) is 0 Å². The Morgan fingerprint density at radius 3 is 2.58 bits per heavy atom. The van der Waals surface area contributed by atoms with E-state index in [1.165, 1.54) is 6.07 Å². The van der Waals surface area contributed by atoms with Crippen LogP contribution in [0.5, 0.6) is 0 Å². The minimum absolute atomic E-state index is 0.0438. The van der Waals surface area contributed by atoms with Crippen LogP contribution in [0.15, 0.2) is 22.7 Å². The lowest BCUT2D eigenvalue weighted by Gasteiger charge is -2.25. The number of nitrogens with zero attached hydrogens (tertiary/aromatic N) is 1. The Balaban J connectivity index is 2.24. The van der Waals surface area contributed by atoms with Gasteiger partial charge in [0, 0.05) is 17.6 Å². The van der Waals surface area contributed by atoms with Crippen LogP contribution in [0.4, 0.5) is 18.9 Å². The summed E-state index contributed by atoms with van der Waals surface area (Å²) in [5.74, 6) is 0. The lowest BCUT2D eigenvalue weighted by atomic mass is 9.90. The van der Waals surface area contributed by atoms with Crippen molar-refractivity contribution in [2.45, 2.75) is 19.5 Å². The summed E-state index contributed by atoms with van der Waals surface area (Å²) in [5.41, 5.74) is 5.95. The van der Waals surface area contributed by atoms with Crippen LogP contribution in [0.3, 0.4) is 0 Å². The van der Waals surface area contributed by atoms with Crippen LogP contribution >= 0.6 is 15.9 Å². The largest absolute Gasteiger partial charge is 0.416 e. The zero-order chi connectivity index (χ0) is 14.3. The molecule has 1 aliphatic heterocycles. The second kappa shape index (κ2) is 4.98. The van der Waals surface area contributed by atoms with Gasteiger partial charge in [0.15, 0.2) is 0 Å². The molecule has 0 spiro atoms. The van der Waals surface area contributed by atoms with Gasteiger partial charge in [0.25, 0.3) is 0 Å². The van der Waals surface area contributed by atoms with E-state index in [2.05, 4.69) is 27.8 Å². The van der Waals surface area contributed by atoms with E-state index in [1.54, 1.807) is 0 Å². The number of anilines is 1.